The SMILES string of the molecule is COc1cc(/C=N\NC(=O)C[C@H](NC(=O)c2ccccc2)c2ccccc2)ccc1OCc1ccc(F)cc1. The van der Waals surface area contributed by atoms with Gasteiger partial charge in [-0.3, -0.25) is 9.59 Å². The third-order valence-corrected chi connectivity index (χ3v) is 5.83. The van der Waals surface area contributed by atoms with Crippen LogP contribution < -0.4 is 20.2 Å². The van der Waals surface area contributed by atoms with Crippen molar-refractivity contribution in [3.8, 4) is 11.5 Å². The molecule has 0 saturated carbocycles. The molecule has 7 nitrogen and oxygen atoms in total. The van der Waals surface area contributed by atoms with Crippen molar-refractivity contribution in [2.75, 3.05) is 7.11 Å². The van der Waals surface area contributed by atoms with Crippen molar-refractivity contribution in [3.63, 3.8) is 0 Å². The molecular formula is C31H28FN3O4. The fourth-order valence-electron chi connectivity index (χ4n) is 3.80. The first-order valence-electron chi connectivity index (χ1n) is 12.3. The Labute approximate surface area is 226 Å². The summed E-state index contributed by atoms with van der Waals surface area (Å²) in [5.41, 5.74) is 5.34. The van der Waals surface area contributed by atoms with Gasteiger partial charge in [-0.2, -0.15) is 5.10 Å². The van der Waals surface area contributed by atoms with E-state index in [1.54, 1.807) is 54.6 Å². The Kier molecular flexibility index (Phi) is 9.39. The predicted octanol–water partition coefficient (Wildman–Crippen LogP) is 5.42. The summed E-state index contributed by atoms with van der Waals surface area (Å²) in [6.07, 6.45) is 1.49. The van der Waals surface area contributed by atoms with Crippen LogP contribution in [0.3, 0.4) is 0 Å². The molecular weight excluding hydrogens is 497 g/mol. The van der Waals surface area contributed by atoms with Gasteiger partial charge in [0, 0.05) is 5.56 Å². The second-order valence-corrected chi connectivity index (χ2v) is 8.63. The second-order valence-electron chi connectivity index (χ2n) is 8.63. The number of hydrazone groups is 1. The van der Waals surface area contributed by atoms with Crippen LogP contribution in [0, 0.1) is 5.82 Å². The lowest BCUT2D eigenvalue weighted by Crippen LogP contribution is -2.32. The van der Waals surface area contributed by atoms with Crippen molar-refractivity contribution in [3.05, 3.63) is 131 Å². The highest BCUT2D eigenvalue weighted by atomic mass is 19.1. The van der Waals surface area contributed by atoms with Crippen molar-refractivity contribution in [2.24, 2.45) is 5.10 Å². The van der Waals surface area contributed by atoms with Gasteiger partial charge < -0.3 is 14.8 Å². The van der Waals surface area contributed by atoms with Gasteiger partial charge in [0.2, 0.25) is 5.91 Å². The largest absolute Gasteiger partial charge is 0.493 e. The molecule has 1 atom stereocenters. The van der Waals surface area contributed by atoms with Crippen molar-refractivity contribution in [2.45, 2.75) is 19.1 Å². The normalized spacial score (nSPS) is 11.5. The van der Waals surface area contributed by atoms with E-state index in [9.17, 15) is 14.0 Å². The van der Waals surface area contributed by atoms with E-state index in [4.69, 9.17) is 9.47 Å². The summed E-state index contributed by atoms with van der Waals surface area (Å²) < 4.78 is 24.3. The average Bonchev–Trinajstić information content (AvgIpc) is 2.97. The van der Waals surface area contributed by atoms with Crippen LogP contribution in [0.4, 0.5) is 4.39 Å². The summed E-state index contributed by atoms with van der Waals surface area (Å²) in [5.74, 6) is 0.0666. The summed E-state index contributed by atoms with van der Waals surface area (Å²) in [6, 6.07) is 28.9. The minimum absolute atomic E-state index is 0.000584. The van der Waals surface area contributed by atoms with Crippen LogP contribution in [0.1, 0.15) is 39.5 Å². The maximum Gasteiger partial charge on any atom is 0.251 e. The lowest BCUT2D eigenvalue weighted by molar-refractivity contribution is -0.121. The first-order valence-corrected chi connectivity index (χ1v) is 12.3. The molecule has 198 valence electrons. The van der Waals surface area contributed by atoms with Crippen LogP contribution >= 0.6 is 0 Å². The first-order chi connectivity index (χ1) is 19.0. The lowest BCUT2D eigenvalue weighted by Gasteiger charge is -2.18. The highest BCUT2D eigenvalue weighted by molar-refractivity contribution is 5.94. The zero-order valence-electron chi connectivity index (χ0n) is 21.3. The maximum atomic E-state index is 13.1. The molecule has 0 spiro atoms. The Hall–Kier alpha value is -4.98. The topological polar surface area (TPSA) is 89.0 Å². The number of benzene rings is 4. The van der Waals surface area contributed by atoms with E-state index in [0.29, 0.717) is 22.6 Å². The number of hydrogen-bond donors (Lipinski definition) is 2. The first kappa shape index (κ1) is 27.1. The molecule has 39 heavy (non-hydrogen) atoms. The number of methoxy groups -OCH3 is 1. The second kappa shape index (κ2) is 13.5. The van der Waals surface area contributed by atoms with Gasteiger partial charge in [-0.25, -0.2) is 9.82 Å². The number of nitrogens with zero attached hydrogens (tertiary/aromatic N) is 1. The molecule has 0 aliphatic rings. The van der Waals surface area contributed by atoms with Crippen LogP contribution in [-0.2, 0) is 11.4 Å². The molecule has 0 heterocycles. The number of halogens is 1. The minimum Gasteiger partial charge on any atom is -0.493 e. The van der Waals surface area contributed by atoms with E-state index < -0.39 is 6.04 Å². The van der Waals surface area contributed by atoms with E-state index in [0.717, 1.165) is 11.1 Å². The molecule has 2 N–H and O–H groups in total. The van der Waals surface area contributed by atoms with Crippen LogP contribution in [0.5, 0.6) is 11.5 Å². The smallest absolute Gasteiger partial charge is 0.251 e. The predicted molar refractivity (Wildman–Crippen MR) is 147 cm³/mol. The highest BCUT2D eigenvalue weighted by Gasteiger charge is 2.19. The molecule has 0 aliphatic heterocycles. The van der Waals surface area contributed by atoms with E-state index in [1.165, 1.54) is 25.5 Å². The maximum absolute atomic E-state index is 13.1. The molecule has 0 radical (unpaired) electrons. The number of hydrogen-bond acceptors (Lipinski definition) is 5. The van der Waals surface area contributed by atoms with E-state index >= 15 is 0 Å². The zero-order chi connectivity index (χ0) is 27.5. The standard InChI is InChI=1S/C31H28FN3O4/c1-38-29-18-23(14-17-28(29)39-21-22-12-15-26(32)16-13-22)20-33-35-30(36)19-27(24-8-4-2-5-9-24)34-31(37)25-10-6-3-7-11-25/h2-18,20,27H,19,21H2,1H3,(H,34,37)(H,35,36)/b33-20-/t27-/m0/s1. The molecule has 0 fully saturated rings. The van der Waals surface area contributed by atoms with Crippen LogP contribution in [0.25, 0.3) is 0 Å². The van der Waals surface area contributed by atoms with Crippen LogP contribution in [0.15, 0.2) is 108 Å². The monoisotopic (exact) mass is 525 g/mol. The van der Waals surface area contributed by atoms with Gasteiger partial charge in [0.15, 0.2) is 11.5 Å². The van der Waals surface area contributed by atoms with E-state index in [-0.39, 0.29) is 30.7 Å². The molecule has 4 aromatic carbocycles. The molecule has 0 unspecified atom stereocenters. The van der Waals surface area contributed by atoms with E-state index in [2.05, 4.69) is 15.8 Å². The third kappa shape index (κ3) is 8.00. The highest BCUT2D eigenvalue weighted by Crippen LogP contribution is 2.28. The van der Waals surface area contributed by atoms with Gasteiger partial charge in [0.1, 0.15) is 12.4 Å². The van der Waals surface area contributed by atoms with Crippen molar-refractivity contribution in [1.82, 2.24) is 10.7 Å². The van der Waals surface area contributed by atoms with Crippen molar-refractivity contribution >= 4 is 18.0 Å². The summed E-state index contributed by atoms with van der Waals surface area (Å²) in [4.78, 5) is 25.4. The minimum atomic E-state index is -0.535. The molecule has 0 bridgehead atoms. The molecule has 0 aliphatic carbocycles. The van der Waals surface area contributed by atoms with Gasteiger partial charge in [0.25, 0.3) is 5.91 Å². The molecule has 0 aromatic heterocycles. The summed E-state index contributed by atoms with van der Waals surface area (Å²) >= 11 is 0. The Morgan fingerprint density at radius 3 is 2.28 bits per heavy atom. The number of amides is 2. The summed E-state index contributed by atoms with van der Waals surface area (Å²) in [6.45, 7) is 0.253. The Morgan fingerprint density at radius 1 is 0.897 bits per heavy atom. The Bertz CT molecular complexity index is 1410. The number of carbonyl (C=O) groups excluding carboxylic acids is 2. The third-order valence-electron chi connectivity index (χ3n) is 5.83. The molecule has 8 heteroatoms. The number of carbonyl (C=O) groups is 2. The zero-order valence-corrected chi connectivity index (χ0v) is 21.3. The van der Waals surface area contributed by atoms with Crippen molar-refractivity contribution < 1.29 is 23.5 Å². The lowest BCUT2D eigenvalue weighted by atomic mass is 10.0. The van der Waals surface area contributed by atoms with Crippen LogP contribution in [0.2, 0.25) is 0 Å². The quantitative estimate of drug-likeness (QED) is 0.202. The fraction of sp³-hybridized carbons (Fsp3) is 0.129. The Balaban J connectivity index is 1.36. The van der Waals surface area contributed by atoms with E-state index in [1.807, 2.05) is 36.4 Å². The van der Waals surface area contributed by atoms with Crippen molar-refractivity contribution in [1.29, 1.82) is 0 Å². The molecule has 4 rings (SSSR count). The van der Waals surface area contributed by atoms with Crippen LogP contribution in [-0.4, -0.2) is 25.1 Å². The number of ether oxygens (including phenoxy) is 2. The Morgan fingerprint density at radius 2 is 1.59 bits per heavy atom. The summed E-state index contributed by atoms with van der Waals surface area (Å²) in [7, 11) is 1.52. The van der Waals surface area contributed by atoms with Gasteiger partial charge in [-0.05, 0) is 59.2 Å². The number of nitrogens with one attached hydrogen (secondary N) is 2. The van der Waals surface area contributed by atoms with Gasteiger partial charge in [0.05, 0.1) is 25.8 Å². The fourth-order valence-corrected chi connectivity index (χ4v) is 3.80. The summed E-state index contributed by atoms with van der Waals surface area (Å²) in [5, 5.41) is 7.00. The van der Waals surface area contributed by atoms with Gasteiger partial charge in [-0.1, -0.05) is 60.7 Å². The average molecular weight is 526 g/mol. The van der Waals surface area contributed by atoms with Gasteiger partial charge in [-0.15, -0.1) is 0 Å². The molecule has 4 aromatic rings. The van der Waals surface area contributed by atoms with Gasteiger partial charge >= 0.3 is 0 Å². The molecule has 0 saturated heterocycles. The molecule has 2 amide bonds. The number of rotatable bonds is 11.